The van der Waals surface area contributed by atoms with E-state index < -0.39 is 39.1 Å². The summed E-state index contributed by atoms with van der Waals surface area (Å²) in [5, 5.41) is 1.92. The second-order valence-corrected chi connectivity index (χ2v) is 16.2. The minimum Gasteiger partial charge on any atom is -0.399 e. The van der Waals surface area contributed by atoms with Crippen LogP contribution in [0.1, 0.15) is 38.8 Å². The Morgan fingerprint density at radius 3 is 1.45 bits per heavy atom. The van der Waals surface area contributed by atoms with Crippen molar-refractivity contribution < 1.29 is 23.0 Å². The van der Waals surface area contributed by atoms with Crippen molar-refractivity contribution in [3.05, 3.63) is 132 Å². The molecule has 0 aliphatic carbocycles. The van der Waals surface area contributed by atoms with Crippen molar-refractivity contribution in [2.75, 3.05) is 0 Å². The highest BCUT2D eigenvalue weighted by atomic mass is 28.4. The van der Waals surface area contributed by atoms with Crippen LogP contribution in [0.25, 0.3) is 0 Å². The van der Waals surface area contributed by atoms with E-state index in [2.05, 4.69) is 45.0 Å². The fraction of sp³-hybridized carbons (Fsp3) is 0.333. The van der Waals surface area contributed by atoms with E-state index in [9.17, 15) is 0 Å². The van der Waals surface area contributed by atoms with Gasteiger partial charge in [-0.3, -0.25) is 0 Å². The van der Waals surface area contributed by atoms with Crippen LogP contribution in [-0.2, 0) is 31.9 Å². The molecule has 1 saturated heterocycles. The quantitative estimate of drug-likeness (QED) is 0.192. The van der Waals surface area contributed by atoms with E-state index >= 15 is 4.39 Å². The van der Waals surface area contributed by atoms with Crippen molar-refractivity contribution >= 4 is 18.7 Å². The van der Waals surface area contributed by atoms with Crippen LogP contribution in [-0.4, -0.2) is 39.1 Å². The third-order valence-electron chi connectivity index (χ3n) is 8.01. The number of rotatable bonds is 10. The molecule has 1 aliphatic rings. The highest BCUT2D eigenvalue weighted by molar-refractivity contribution is 6.99. The topological polar surface area (TPSA) is 36.9 Å². The van der Waals surface area contributed by atoms with Crippen LogP contribution in [0.2, 0.25) is 5.04 Å². The first kappa shape index (κ1) is 30.3. The standard InChI is InChI=1S/C36H41FO4Si/c1-27-32(38-25-28-17-9-5-10-18-28)33(34(35(37)40-27)39-26-29-19-11-6-12-20-29)41-42(36(2,3)4,30-21-13-7-14-22-30)31-23-15-8-16-24-31/h5-24,27,32-35H,25-26H2,1-4H3/t27-,32+,33-,34-,35?/m0/s1. The molecule has 0 bridgehead atoms. The van der Waals surface area contributed by atoms with E-state index in [-0.39, 0.29) is 11.6 Å². The Labute approximate surface area is 250 Å². The molecule has 0 saturated carbocycles. The van der Waals surface area contributed by atoms with Crippen molar-refractivity contribution in [1.82, 2.24) is 0 Å². The van der Waals surface area contributed by atoms with Crippen LogP contribution >= 0.6 is 0 Å². The zero-order chi connectivity index (χ0) is 29.6. The van der Waals surface area contributed by atoms with E-state index in [1.54, 1.807) is 0 Å². The summed E-state index contributed by atoms with van der Waals surface area (Å²) in [7, 11) is -3.08. The number of ether oxygens (including phenoxy) is 3. The first-order valence-corrected chi connectivity index (χ1v) is 16.6. The largest absolute Gasteiger partial charge is 0.399 e. The summed E-state index contributed by atoms with van der Waals surface area (Å²) < 4.78 is 42.3. The van der Waals surface area contributed by atoms with Gasteiger partial charge in [-0.1, -0.05) is 142 Å². The predicted octanol–water partition coefficient (Wildman–Crippen LogP) is 6.82. The lowest BCUT2D eigenvalue weighted by atomic mass is 9.99. The summed E-state index contributed by atoms with van der Waals surface area (Å²) in [5.74, 6) is 0. The van der Waals surface area contributed by atoms with Crippen molar-refractivity contribution in [2.45, 2.75) is 76.7 Å². The number of benzene rings is 4. The van der Waals surface area contributed by atoms with Gasteiger partial charge in [0, 0.05) is 0 Å². The summed E-state index contributed by atoms with van der Waals surface area (Å²) >= 11 is 0. The lowest BCUT2D eigenvalue weighted by Crippen LogP contribution is -2.71. The summed E-state index contributed by atoms with van der Waals surface area (Å²) in [6, 6.07) is 40.6. The molecule has 0 aromatic heterocycles. The lowest BCUT2D eigenvalue weighted by Gasteiger charge is -2.50. The maximum Gasteiger partial charge on any atom is 0.261 e. The highest BCUT2D eigenvalue weighted by Gasteiger charge is 2.56. The van der Waals surface area contributed by atoms with Crippen molar-refractivity contribution in [3.63, 3.8) is 0 Å². The van der Waals surface area contributed by atoms with Crippen molar-refractivity contribution in [2.24, 2.45) is 0 Å². The second-order valence-electron chi connectivity index (χ2n) is 12.0. The molecule has 0 radical (unpaired) electrons. The molecule has 1 aliphatic heterocycles. The molecular weight excluding hydrogens is 543 g/mol. The van der Waals surface area contributed by atoms with Crippen LogP contribution in [0.4, 0.5) is 4.39 Å². The van der Waals surface area contributed by atoms with Gasteiger partial charge in [-0.25, -0.2) is 4.39 Å². The van der Waals surface area contributed by atoms with Crippen LogP contribution in [0.5, 0.6) is 0 Å². The monoisotopic (exact) mass is 584 g/mol. The van der Waals surface area contributed by atoms with Crippen molar-refractivity contribution in [3.8, 4) is 0 Å². The highest BCUT2D eigenvalue weighted by Crippen LogP contribution is 2.41. The Morgan fingerprint density at radius 2 is 1.02 bits per heavy atom. The molecule has 0 amide bonds. The Hall–Kier alpha value is -3.13. The Bertz CT molecular complexity index is 1270. The molecule has 5 rings (SSSR count). The molecule has 0 N–H and O–H groups in total. The minimum atomic E-state index is -3.08. The molecule has 4 aromatic rings. The molecule has 1 fully saturated rings. The normalized spacial score (nSPS) is 23.0. The van der Waals surface area contributed by atoms with Gasteiger partial charge >= 0.3 is 0 Å². The maximum absolute atomic E-state index is 16.0. The van der Waals surface area contributed by atoms with Gasteiger partial charge in [0.05, 0.1) is 19.3 Å². The maximum atomic E-state index is 16.0. The van der Waals surface area contributed by atoms with Gasteiger partial charge in [-0.2, -0.15) is 0 Å². The van der Waals surface area contributed by atoms with Crippen LogP contribution < -0.4 is 10.4 Å². The average molecular weight is 585 g/mol. The third-order valence-corrected chi connectivity index (χ3v) is 13.0. The molecule has 1 heterocycles. The smallest absolute Gasteiger partial charge is 0.261 e. The second kappa shape index (κ2) is 13.4. The zero-order valence-electron chi connectivity index (χ0n) is 24.9. The Morgan fingerprint density at radius 1 is 0.619 bits per heavy atom. The van der Waals surface area contributed by atoms with E-state index in [0.29, 0.717) is 6.61 Å². The summed E-state index contributed by atoms with van der Waals surface area (Å²) in [6.07, 6.45) is -4.53. The minimum absolute atomic E-state index is 0.232. The van der Waals surface area contributed by atoms with Gasteiger partial charge in [-0.05, 0) is 33.5 Å². The van der Waals surface area contributed by atoms with Crippen molar-refractivity contribution in [1.29, 1.82) is 0 Å². The number of alkyl halides is 1. The molecular formula is C36H41FO4Si. The van der Waals surface area contributed by atoms with E-state index in [0.717, 1.165) is 21.5 Å². The molecule has 42 heavy (non-hydrogen) atoms. The lowest BCUT2D eigenvalue weighted by molar-refractivity contribution is -0.273. The molecule has 4 aromatic carbocycles. The fourth-order valence-corrected chi connectivity index (χ4v) is 10.6. The van der Waals surface area contributed by atoms with Gasteiger partial charge in [0.2, 0.25) is 6.36 Å². The van der Waals surface area contributed by atoms with E-state index in [4.69, 9.17) is 18.6 Å². The van der Waals surface area contributed by atoms with Gasteiger partial charge in [0.15, 0.2) is 0 Å². The van der Waals surface area contributed by atoms with Gasteiger partial charge in [0.25, 0.3) is 8.32 Å². The van der Waals surface area contributed by atoms with Gasteiger partial charge < -0.3 is 18.6 Å². The molecule has 4 nitrogen and oxygen atoms in total. The molecule has 6 heteroatoms. The first-order valence-electron chi connectivity index (χ1n) is 14.7. The van der Waals surface area contributed by atoms with Crippen LogP contribution in [0.15, 0.2) is 121 Å². The number of hydrogen-bond acceptors (Lipinski definition) is 4. The fourth-order valence-electron chi connectivity index (χ4n) is 5.93. The Kier molecular flexibility index (Phi) is 9.71. The summed E-state index contributed by atoms with van der Waals surface area (Å²) in [6.45, 7) is 9.09. The van der Waals surface area contributed by atoms with E-state index in [1.165, 1.54) is 0 Å². The first-order chi connectivity index (χ1) is 20.3. The molecule has 5 atom stereocenters. The zero-order valence-corrected chi connectivity index (χ0v) is 25.9. The Balaban J connectivity index is 1.60. The number of hydrogen-bond donors (Lipinski definition) is 0. The summed E-state index contributed by atoms with van der Waals surface area (Å²) in [4.78, 5) is 0. The SMILES string of the molecule is C[C@@H]1OC(F)[C@@H](OCc2ccccc2)[C@@H](O[Si](c2ccccc2)(c2ccccc2)C(C)(C)C)[C@@H]1OCc1ccccc1. The number of halogens is 1. The molecule has 0 spiro atoms. The van der Waals surface area contributed by atoms with Crippen LogP contribution in [0, 0.1) is 0 Å². The van der Waals surface area contributed by atoms with Gasteiger partial charge in [-0.15, -0.1) is 0 Å². The molecule has 220 valence electrons. The van der Waals surface area contributed by atoms with E-state index in [1.807, 2.05) is 104 Å². The summed E-state index contributed by atoms with van der Waals surface area (Å²) in [5.41, 5.74) is 1.98. The van der Waals surface area contributed by atoms with Gasteiger partial charge in [0.1, 0.15) is 18.3 Å². The van der Waals surface area contributed by atoms with Crippen LogP contribution in [0.3, 0.4) is 0 Å². The predicted molar refractivity (Wildman–Crippen MR) is 168 cm³/mol. The molecule has 1 unspecified atom stereocenters. The third kappa shape index (κ3) is 6.58. The average Bonchev–Trinajstić information content (AvgIpc) is 3.00.